The van der Waals surface area contributed by atoms with Crippen LogP contribution in [0.2, 0.25) is 0 Å². The number of fused-ring (bicyclic) bond motifs is 12. The van der Waals surface area contributed by atoms with Crippen molar-refractivity contribution in [2.24, 2.45) is 0 Å². The van der Waals surface area contributed by atoms with E-state index in [2.05, 4.69) is 443 Å². The molecule has 6 heterocycles. The minimum atomic E-state index is 0.631. The van der Waals surface area contributed by atoms with Crippen molar-refractivity contribution in [3.8, 4) is 124 Å². The summed E-state index contributed by atoms with van der Waals surface area (Å²) in [5.74, 6) is 1.27. The lowest BCUT2D eigenvalue weighted by atomic mass is 9.94. The zero-order valence-electron chi connectivity index (χ0n) is 64.1. The molecule has 8 heteroatoms. The minimum absolute atomic E-state index is 0.631. The Hall–Kier alpha value is -15.9. The van der Waals surface area contributed by atoms with Crippen LogP contribution in [0.15, 0.2) is 437 Å². The summed E-state index contributed by atoms with van der Waals surface area (Å²) in [7, 11) is 0. The first-order valence-electron chi connectivity index (χ1n) is 40.0. The van der Waals surface area contributed by atoms with Crippen LogP contribution < -0.4 is 0 Å². The SMILES string of the molecule is c1ccc(-c2cc(-c3ccccc3)cc(-c3cnc(-n4c5ccccc5c5cc(-c6ccc(-n7c8ccccc8c8ccccc87)cc6)ccc54)nc3)c2)cc1.c1ccc(-c2ccc(-c3cc(-c4ccc(-c5ccccc5)cc4)nc(-n4c5ccccc5c5cc(-c6ccc(-n7c8ccccc8c8ccccc87)cc6)ccc54)n3)cc2)cc1. The molecule has 118 heavy (non-hydrogen) atoms. The lowest BCUT2D eigenvalue weighted by Crippen LogP contribution is -2.04. The summed E-state index contributed by atoms with van der Waals surface area (Å²) in [6.07, 6.45) is 3.91. The van der Waals surface area contributed by atoms with Crippen LogP contribution in [0.3, 0.4) is 0 Å². The van der Waals surface area contributed by atoms with Crippen molar-refractivity contribution in [3.63, 3.8) is 0 Å². The lowest BCUT2D eigenvalue weighted by molar-refractivity contribution is 0.990. The molecular formula is C110H72N8. The summed E-state index contributed by atoms with van der Waals surface area (Å²) >= 11 is 0. The van der Waals surface area contributed by atoms with Crippen molar-refractivity contribution in [1.82, 2.24) is 38.2 Å². The van der Waals surface area contributed by atoms with Gasteiger partial charge in [0.15, 0.2) is 0 Å². The molecule has 8 nitrogen and oxygen atoms in total. The van der Waals surface area contributed by atoms with Gasteiger partial charge in [-0.05, 0) is 182 Å². The first-order valence-corrected chi connectivity index (χ1v) is 40.0. The zero-order valence-corrected chi connectivity index (χ0v) is 64.1. The fourth-order valence-corrected chi connectivity index (χ4v) is 17.5. The number of hydrogen-bond acceptors (Lipinski definition) is 4. The molecule has 0 N–H and O–H groups in total. The van der Waals surface area contributed by atoms with Gasteiger partial charge < -0.3 is 9.13 Å². The summed E-state index contributed by atoms with van der Waals surface area (Å²) in [6, 6.07) is 151. The second kappa shape index (κ2) is 29.3. The van der Waals surface area contributed by atoms with E-state index in [-0.39, 0.29) is 0 Å². The van der Waals surface area contributed by atoms with Crippen molar-refractivity contribution in [1.29, 1.82) is 0 Å². The molecule has 0 aliphatic heterocycles. The molecule has 0 radical (unpaired) electrons. The van der Waals surface area contributed by atoms with E-state index < -0.39 is 0 Å². The molecule has 0 fully saturated rings. The van der Waals surface area contributed by atoms with Gasteiger partial charge in [0.2, 0.25) is 11.9 Å². The van der Waals surface area contributed by atoms with Gasteiger partial charge in [0.25, 0.3) is 0 Å². The molecule has 23 aromatic rings. The average Bonchev–Trinajstić information content (AvgIpc) is 1.59. The standard InChI is InChI=1S/C58H38N4.C52H34N4/c1-3-13-39(14-4-1)41-23-27-44(28-24-41)52-38-53(45-29-25-42(26-30-45)40-15-5-2-6-16-40)60-58(59-52)62-56-22-12-9-19-50(56)51-37-46(33-36-57(51)62)43-31-34-47(35-32-43)61-54-20-10-7-17-48(54)49-18-8-11-21-55(49)61;1-3-13-35(14-4-1)39-29-40(36-15-5-2-6-16-36)31-41(30-39)42-33-53-52(54-34-42)56-50-22-12-9-19-46(50)47-32-38(25-28-51(47)56)37-23-26-43(27-24-37)55-48-20-10-7-17-44(48)45-18-8-11-21-49(45)55/h1-38H;1-34H. The average molecular weight is 1510 g/mol. The van der Waals surface area contributed by atoms with E-state index in [4.69, 9.17) is 19.9 Å². The largest absolute Gasteiger partial charge is 0.309 e. The molecule has 0 bridgehead atoms. The van der Waals surface area contributed by atoms with Crippen LogP contribution in [0.25, 0.3) is 211 Å². The molecular weight excluding hydrogens is 1430 g/mol. The Morgan fingerprint density at radius 2 is 0.381 bits per heavy atom. The first kappa shape index (κ1) is 68.9. The predicted octanol–water partition coefficient (Wildman–Crippen LogP) is 28.3. The Morgan fingerprint density at radius 1 is 0.144 bits per heavy atom. The Balaban J connectivity index is 0.000000143. The maximum absolute atomic E-state index is 5.35. The van der Waals surface area contributed by atoms with Gasteiger partial charge in [0, 0.05) is 83.5 Å². The van der Waals surface area contributed by atoms with E-state index in [0.717, 1.165) is 106 Å². The summed E-state index contributed by atoms with van der Waals surface area (Å²) < 4.78 is 9.13. The van der Waals surface area contributed by atoms with Gasteiger partial charge in [-0.1, -0.05) is 315 Å². The van der Waals surface area contributed by atoms with Crippen molar-refractivity contribution in [2.45, 2.75) is 0 Å². The van der Waals surface area contributed by atoms with Gasteiger partial charge in [0.1, 0.15) is 0 Å². The molecule has 0 spiro atoms. The number of hydrogen-bond donors (Lipinski definition) is 0. The quantitative estimate of drug-likeness (QED) is 0.115. The van der Waals surface area contributed by atoms with Gasteiger partial charge in [-0.25, -0.2) is 19.9 Å². The number of benzene rings is 17. The molecule has 23 rings (SSSR count). The normalized spacial score (nSPS) is 11.6. The summed E-state index contributed by atoms with van der Waals surface area (Å²) in [5.41, 5.74) is 31.2. The highest BCUT2D eigenvalue weighted by Crippen LogP contribution is 2.42. The predicted molar refractivity (Wildman–Crippen MR) is 490 cm³/mol. The maximum atomic E-state index is 5.35. The van der Waals surface area contributed by atoms with Gasteiger partial charge in [-0.2, -0.15) is 0 Å². The van der Waals surface area contributed by atoms with E-state index in [1.165, 1.54) is 93.3 Å². The second-order valence-electron chi connectivity index (χ2n) is 30.1. The van der Waals surface area contributed by atoms with E-state index in [1.807, 2.05) is 12.4 Å². The smallest absolute Gasteiger partial charge is 0.235 e. The molecule has 0 amide bonds. The Morgan fingerprint density at radius 3 is 0.729 bits per heavy atom. The molecule has 0 aliphatic rings. The van der Waals surface area contributed by atoms with Crippen LogP contribution in [-0.2, 0) is 0 Å². The molecule has 0 saturated carbocycles. The van der Waals surface area contributed by atoms with Gasteiger partial charge in [-0.3, -0.25) is 9.13 Å². The number of aromatic nitrogens is 8. The maximum Gasteiger partial charge on any atom is 0.235 e. The van der Waals surface area contributed by atoms with Crippen LogP contribution in [-0.4, -0.2) is 38.2 Å². The highest BCUT2D eigenvalue weighted by Gasteiger charge is 2.22. The fourth-order valence-electron chi connectivity index (χ4n) is 17.5. The third kappa shape index (κ3) is 12.4. The molecule has 552 valence electrons. The van der Waals surface area contributed by atoms with Gasteiger partial charge >= 0.3 is 0 Å². The van der Waals surface area contributed by atoms with Crippen LogP contribution >= 0.6 is 0 Å². The van der Waals surface area contributed by atoms with Crippen LogP contribution in [0.5, 0.6) is 0 Å². The van der Waals surface area contributed by atoms with Crippen molar-refractivity contribution in [2.75, 3.05) is 0 Å². The monoisotopic (exact) mass is 1500 g/mol. The molecule has 0 aliphatic carbocycles. The third-order valence-corrected chi connectivity index (χ3v) is 23.2. The van der Waals surface area contributed by atoms with E-state index in [1.54, 1.807) is 0 Å². The van der Waals surface area contributed by atoms with E-state index >= 15 is 0 Å². The minimum Gasteiger partial charge on any atom is -0.309 e. The fraction of sp³-hybridized carbons (Fsp3) is 0. The topological polar surface area (TPSA) is 71.3 Å². The Labute approximate surface area is 681 Å². The highest BCUT2D eigenvalue weighted by atomic mass is 15.2. The van der Waals surface area contributed by atoms with Crippen LogP contribution in [0, 0.1) is 0 Å². The van der Waals surface area contributed by atoms with E-state index in [0.29, 0.717) is 11.9 Å². The first-order chi connectivity index (χ1) is 58.5. The Bertz CT molecular complexity index is 7450. The lowest BCUT2D eigenvalue weighted by Gasteiger charge is -2.13. The number of rotatable bonds is 13. The van der Waals surface area contributed by atoms with Crippen molar-refractivity contribution in [3.05, 3.63) is 437 Å². The third-order valence-electron chi connectivity index (χ3n) is 23.2. The van der Waals surface area contributed by atoms with Gasteiger partial charge in [-0.15, -0.1) is 0 Å². The summed E-state index contributed by atoms with van der Waals surface area (Å²) in [4.78, 5) is 20.7. The van der Waals surface area contributed by atoms with Gasteiger partial charge in [0.05, 0.1) is 55.5 Å². The Kier molecular flexibility index (Phi) is 17.1. The second-order valence-corrected chi connectivity index (χ2v) is 30.1. The molecule has 0 atom stereocenters. The molecule has 17 aromatic carbocycles. The summed E-state index contributed by atoms with van der Waals surface area (Å²) in [6.45, 7) is 0. The number of nitrogens with zero attached hydrogens (tertiary/aromatic N) is 8. The van der Waals surface area contributed by atoms with Crippen molar-refractivity contribution >= 4 is 87.2 Å². The summed E-state index contributed by atoms with van der Waals surface area (Å²) in [5, 5.41) is 9.70. The molecule has 6 aromatic heterocycles. The zero-order chi connectivity index (χ0) is 78.0. The van der Waals surface area contributed by atoms with E-state index in [9.17, 15) is 0 Å². The molecule has 0 saturated heterocycles. The highest BCUT2D eigenvalue weighted by molar-refractivity contribution is 6.13. The van der Waals surface area contributed by atoms with Crippen LogP contribution in [0.4, 0.5) is 0 Å². The van der Waals surface area contributed by atoms with Crippen molar-refractivity contribution < 1.29 is 0 Å². The molecule has 0 unspecified atom stereocenters. The van der Waals surface area contributed by atoms with Crippen LogP contribution in [0.1, 0.15) is 0 Å². The number of para-hydroxylation sites is 6.